The summed E-state index contributed by atoms with van der Waals surface area (Å²) in [7, 11) is 0. The second-order valence-electron chi connectivity index (χ2n) is 4.41. The van der Waals surface area contributed by atoms with Crippen LogP contribution < -0.4 is 16.4 Å². The van der Waals surface area contributed by atoms with E-state index in [1.807, 2.05) is 23.6 Å². The first-order valence-electron chi connectivity index (χ1n) is 6.42. The van der Waals surface area contributed by atoms with E-state index in [0.29, 0.717) is 29.4 Å². The Hall–Kier alpha value is -2.94. The Morgan fingerprint density at radius 2 is 2.14 bits per heavy atom. The SMILES string of the molecule is Nc1[nH]nc(NC(=O)NCc2ccncc2)c1-c1ccsn1. The van der Waals surface area contributed by atoms with E-state index in [9.17, 15) is 4.79 Å². The van der Waals surface area contributed by atoms with Crippen LogP contribution in [0, 0.1) is 0 Å². The third-order valence-electron chi connectivity index (χ3n) is 2.92. The maximum atomic E-state index is 12.0. The number of anilines is 2. The molecule has 0 radical (unpaired) electrons. The van der Waals surface area contributed by atoms with Gasteiger partial charge in [0.15, 0.2) is 5.82 Å². The molecule has 22 heavy (non-hydrogen) atoms. The number of urea groups is 1. The number of nitrogens with two attached hydrogens (primary N) is 1. The van der Waals surface area contributed by atoms with Crippen LogP contribution in [0.25, 0.3) is 11.3 Å². The van der Waals surface area contributed by atoms with Gasteiger partial charge in [-0.05, 0) is 35.3 Å². The molecule has 0 fully saturated rings. The van der Waals surface area contributed by atoms with Crippen molar-refractivity contribution in [2.75, 3.05) is 11.1 Å². The van der Waals surface area contributed by atoms with E-state index in [-0.39, 0.29) is 6.03 Å². The third-order valence-corrected chi connectivity index (χ3v) is 3.48. The molecule has 3 aromatic heterocycles. The van der Waals surface area contributed by atoms with Gasteiger partial charge in [-0.2, -0.15) is 9.47 Å². The van der Waals surface area contributed by atoms with Crippen molar-refractivity contribution in [1.29, 1.82) is 0 Å². The fraction of sp³-hybridized carbons (Fsp3) is 0.0769. The Bertz CT molecular complexity index is 754. The summed E-state index contributed by atoms with van der Waals surface area (Å²) in [5.74, 6) is 0.700. The number of carbonyl (C=O) groups is 1. The molecule has 0 saturated carbocycles. The molecule has 0 saturated heterocycles. The predicted octanol–water partition coefficient (Wildman–Crippen LogP) is 1.83. The Kier molecular flexibility index (Phi) is 3.97. The van der Waals surface area contributed by atoms with Crippen LogP contribution in [0.4, 0.5) is 16.4 Å². The normalized spacial score (nSPS) is 10.4. The number of nitrogen functional groups attached to an aromatic ring is 1. The van der Waals surface area contributed by atoms with Crippen LogP contribution in [0.1, 0.15) is 5.56 Å². The number of aromatic amines is 1. The number of nitrogens with one attached hydrogen (secondary N) is 3. The highest BCUT2D eigenvalue weighted by molar-refractivity contribution is 7.03. The zero-order chi connectivity index (χ0) is 15.4. The van der Waals surface area contributed by atoms with Gasteiger partial charge in [0.05, 0.1) is 11.3 Å². The number of aromatic nitrogens is 4. The van der Waals surface area contributed by atoms with E-state index < -0.39 is 0 Å². The number of H-pyrrole nitrogens is 1. The highest BCUT2D eigenvalue weighted by Gasteiger charge is 2.16. The van der Waals surface area contributed by atoms with Crippen molar-refractivity contribution in [1.82, 2.24) is 24.9 Å². The number of nitrogens with zero attached hydrogens (tertiary/aromatic N) is 3. The molecule has 0 unspecified atom stereocenters. The van der Waals surface area contributed by atoms with Crippen LogP contribution in [-0.4, -0.2) is 25.6 Å². The first-order valence-corrected chi connectivity index (χ1v) is 7.26. The molecule has 5 N–H and O–H groups in total. The molecule has 0 aliphatic heterocycles. The van der Waals surface area contributed by atoms with Crippen molar-refractivity contribution in [3.8, 4) is 11.3 Å². The van der Waals surface area contributed by atoms with Gasteiger partial charge in [-0.15, -0.1) is 0 Å². The highest BCUT2D eigenvalue weighted by atomic mass is 32.1. The van der Waals surface area contributed by atoms with E-state index >= 15 is 0 Å². The van der Waals surface area contributed by atoms with Crippen LogP contribution in [0.5, 0.6) is 0 Å². The maximum Gasteiger partial charge on any atom is 0.320 e. The molecule has 3 heterocycles. The second kappa shape index (κ2) is 6.22. The summed E-state index contributed by atoms with van der Waals surface area (Å²) >= 11 is 1.30. The van der Waals surface area contributed by atoms with Crippen LogP contribution in [0.15, 0.2) is 36.0 Å². The van der Waals surface area contributed by atoms with E-state index in [2.05, 4.69) is 30.2 Å². The standard InChI is InChI=1S/C13H13N7OS/c14-11-10(9-3-6-22-20-9)12(19-18-11)17-13(21)16-7-8-1-4-15-5-2-8/h1-6H,7H2,(H5,14,16,17,18,19,21). The minimum Gasteiger partial charge on any atom is -0.383 e. The third kappa shape index (κ3) is 3.04. The van der Waals surface area contributed by atoms with Crippen molar-refractivity contribution >= 4 is 29.2 Å². The van der Waals surface area contributed by atoms with E-state index in [1.165, 1.54) is 11.5 Å². The van der Waals surface area contributed by atoms with Gasteiger partial charge in [-0.25, -0.2) is 4.79 Å². The van der Waals surface area contributed by atoms with Gasteiger partial charge in [0, 0.05) is 24.3 Å². The Labute approximate surface area is 129 Å². The predicted molar refractivity (Wildman–Crippen MR) is 84.2 cm³/mol. The first kappa shape index (κ1) is 14.0. The molecular weight excluding hydrogens is 302 g/mol. The van der Waals surface area contributed by atoms with Crippen molar-refractivity contribution < 1.29 is 4.79 Å². The molecule has 0 bridgehead atoms. The lowest BCUT2D eigenvalue weighted by Gasteiger charge is -2.06. The van der Waals surface area contributed by atoms with Crippen LogP contribution in [0.2, 0.25) is 0 Å². The number of hydrogen-bond acceptors (Lipinski definition) is 6. The smallest absolute Gasteiger partial charge is 0.320 e. The average Bonchev–Trinajstić information content (AvgIpc) is 3.16. The summed E-state index contributed by atoms with van der Waals surface area (Å²) < 4.78 is 4.20. The zero-order valence-corrected chi connectivity index (χ0v) is 12.2. The monoisotopic (exact) mass is 315 g/mol. The van der Waals surface area contributed by atoms with Gasteiger partial charge in [-0.3, -0.25) is 15.4 Å². The molecule has 2 amide bonds. The van der Waals surface area contributed by atoms with E-state index in [4.69, 9.17) is 5.73 Å². The summed E-state index contributed by atoms with van der Waals surface area (Å²) in [6, 6.07) is 5.09. The minimum absolute atomic E-state index is 0.343. The lowest BCUT2D eigenvalue weighted by atomic mass is 10.2. The van der Waals surface area contributed by atoms with Gasteiger partial charge in [0.2, 0.25) is 0 Å². The number of pyridine rings is 1. The molecular formula is C13H13N7OS. The van der Waals surface area contributed by atoms with E-state index in [0.717, 1.165) is 5.56 Å². The summed E-state index contributed by atoms with van der Waals surface area (Å²) in [4.78, 5) is 15.9. The highest BCUT2D eigenvalue weighted by Crippen LogP contribution is 2.30. The molecule has 0 spiro atoms. The minimum atomic E-state index is -0.375. The second-order valence-corrected chi connectivity index (χ2v) is 5.07. The quantitative estimate of drug-likeness (QED) is 0.585. The molecule has 3 rings (SSSR count). The van der Waals surface area contributed by atoms with Gasteiger partial charge in [0.1, 0.15) is 5.82 Å². The molecule has 0 aliphatic rings. The molecule has 8 nitrogen and oxygen atoms in total. The van der Waals surface area contributed by atoms with Gasteiger partial charge in [0.25, 0.3) is 0 Å². The van der Waals surface area contributed by atoms with Gasteiger partial charge >= 0.3 is 6.03 Å². The topological polar surface area (TPSA) is 122 Å². The number of hydrogen-bond donors (Lipinski definition) is 4. The van der Waals surface area contributed by atoms with Crippen molar-refractivity contribution in [3.05, 3.63) is 41.5 Å². The van der Waals surface area contributed by atoms with Gasteiger partial charge in [-0.1, -0.05) is 0 Å². The Balaban J connectivity index is 1.67. The maximum absolute atomic E-state index is 12.0. The van der Waals surface area contributed by atoms with Crippen LogP contribution in [0.3, 0.4) is 0 Å². The first-order chi connectivity index (χ1) is 10.7. The fourth-order valence-corrected chi connectivity index (χ4v) is 2.40. The van der Waals surface area contributed by atoms with Crippen molar-refractivity contribution in [2.45, 2.75) is 6.54 Å². The molecule has 0 atom stereocenters. The van der Waals surface area contributed by atoms with Crippen LogP contribution in [-0.2, 0) is 6.54 Å². The van der Waals surface area contributed by atoms with Crippen molar-refractivity contribution in [3.63, 3.8) is 0 Å². The molecule has 0 aliphatic carbocycles. The number of amides is 2. The Morgan fingerprint density at radius 3 is 2.86 bits per heavy atom. The Morgan fingerprint density at radius 1 is 1.32 bits per heavy atom. The average molecular weight is 315 g/mol. The summed E-state index contributed by atoms with van der Waals surface area (Å²) in [5, 5.41) is 13.9. The zero-order valence-electron chi connectivity index (χ0n) is 11.4. The van der Waals surface area contributed by atoms with Crippen molar-refractivity contribution in [2.24, 2.45) is 0 Å². The molecule has 0 aromatic carbocycles. The summed E-state index contributed by atoms with van der Waals surface area (Å²) in [6.07, 6.45) is 3.34. The molecule has 9 heteroatoms. The fourth-order valence-electron chi connectivity index (χ4n) is 1.88. The lowest BCUT2D eigenvalue weighted by Crippen LogP contribution is -2.28. The van der Waals surface area contributed by atoms with Gasteiger partial charge < -0.3 is 11.1 Å². The lowest BCUT2D eigenvalue weighted by molar-refractivity contribution is 0.251. The number of carbonyl (C=O) groups excluding carboxylic acids is 1. The molecule has 112 valence electrons. The largest absolute Gasteiger partial charge is 0.383 e. The summed E-state index contributed by atoms with van der Waals surface area (Å²) in [5.41, 5.74) is 8.04. The van der Waals surface area contributed by atoms with E-state index in [1.54, 1.807) is 12.4 Å². The summed E-state index contributed by atoms with van der Waals surface area (Å²) in [6.45, 7) is 0.389. The molecule has 3 aromatic rings. The number of rotatable bonds is 4. The van der Waals surface area contributed by atoms with Crippen LogP contribution >= 0.6 is 11.5 Å².